The SMILES string of the molecule is CCCC[Se]c1c(-c2ccccc2)oc2ccccc12. The minimum atomic E-state index is 0.480. The molecular weight excluding hydrogens is 311 g/mol. The van der Waals surface area contributed by atoms with Gasteiger partial charge in [0.1, 0.15) is 0 Å². The van der Waals surface area contributed by atoms with Crippen molar-refractivity contribution in [3.05, 3.63) is 54.6 Å². The van der Waals surface area contributed by atoms with E-state index >= 15 is 0 Å². The number of fused-ring (bicyclic) bond motifs is 1. The molecule has 3 rings (SSSR count). The first kappa shape index (κ1) is 13.5. The molecule has 0 aliphatic rings. The summed E-state index contributed by atoms with van der Waals surface area (Å²) in [6.07, 6.45) is 2.56. The van der Waals surface area contributed by atoms with Crippen molar-refractivity contribution in [2.24, 2.45) is 0 Å². The van der Waals surface area contributed by atoms with Gasteiger partial charge in [0.15, 0.2) is 0 Å². The molecule has 2 heteroatoms. The maximum atomic E-state index is 6.13. The van der Waals surface area contributed by atoms with E-state index in [1.165, 1.54) is 33.6 Å². The molecule has 0 saturated heterocycles. The van der Waals surface area contributed by atoms with E-state index in [-0.39, 0.29) is 0 Å². The molecule has 3 aromatic rings. The van der Waals surface area contributed by atoms with Gasteiger partial charge in [0.2, 0.25) is 0 Å². The molecule has 0 amide bonds. The number of hydrogen-bond donors (Lipinski definition) is 0. The Labute approximate surface area is 126 Å². The predicted molar refractivity (Wildman–Crippen MR) is 86.8 cm³/mol. The third-order valence-electron chi connectivity index (χ3n) is 3.33. The maximum absolute atomic E-state index is 6.13. The van der Waals surface area contributed by atoms with Gasteiger partial charge in [0.25, 0.3) is 0 Å². The molecule has 0 aliphatic carbocycles. The number of rotatable bonds is 5. The number of furan rings is 1. The van der Waals surface area contributed by atoms with Gasteiger partial charge in [-0.25, -0.2) is 0 Å². The van der Waals surface area contributed by atoms with Crippen LogP contribution in [0.15, 0.2) is 59.0 Å². The van der Waals surface area contributed by atoms with Crippen molar-refractivity contribution in [1.29, 1.82) is 0 Å². The van der Waals surface area contributed by atoms with Gasteiger partial charge >= 0.3 is 126 Å². The van der Waals surface area contributed by atoms with E-state index < -0.39 is 0 Å². The summed E-state index contributed by atoms with van der Waals surface area (Å²) in [6, 6.07) is 18.9. The van der Waals surface area contributed by atoms with Crippen molar-refractivity contribution in [2.75, 3.05) is 0 Å². The zero-order chi connectivity index (χ0) is 13.8. The normalized spacial score (nSPS) is 11.1. The van der Waals surface area contributed by atoms with Crippen molar-refractivity contribution >= 4 is 30.4 Å². The van der Waals surface area contributed by atoms with Crippen LogP contribution in [-0.2, 0) is 0 Å². The van der Waals surface area contributed by atoms with Crippen molar-refractivity contribution in [3.63, 3.8) is 0 Å². The van der Waals surface area contributed by atoms with E-state index in [0.29, 0.717) is 15.0 Å². The monoisotopic (exact) mass is 330 g/mol. The Morgan fingerprint density at radius 3 is 2.50 bits per heavy atom. The van der Waals surface area contributed by atoms with Crippen LogP contribution in [0, 0.1) is 0 Å². The second kappa shape index (κ2) is 6.30. The van der Waals surface area contributed by atoms with Crippen LogP contribution in [-0.4, -0.2) is 15.0 Å². The standard InChI is InChI=1S/C18H18OSe/c1-2-3-13-20-18-15-11-7-8-12-16(15)19-17(18)14-9-5-4-6-10-14/h4-12H,2-3,13H2,1H3. The molecule has 0 fully saturated rings. The molecule has 0 unspecified atom stereocenters. The van der Waals surface area contributed by atoms with Gasteiger partial charge in [-0.2, -0.15) is 0 Å². The second-order valence-corrected chi connectivity index (χ2v) is 7.14. The Bertz CT molecular complexity index is 685. The first-order valence-corrected chi connectivity index (χ1v) is 9.16. The number of unbranched alkanes of at least 4 members (excludes halogenated alkanes) is 1. The van der Waals surface area contributed by atoms with Crippen molar-refractivity contribution in [3.8, 4) is 11.3 Å². The zero-order valence-corrected chi connectivity index (χ0v) is 13.3. The molecule has 20 heavy (non-hydrogen) atoms. The molecule has 1 heterocycles. The molecule has 0 spiro atoms. The Morgan fingerprint density at radius 2 is 1.70 bits per heavy atom. The Kier molecular flexibility index (Phi) is 4.25. The Balaban J connectivity index is 2.08. The molecule has 0 aliphatic heterocycles. The predicted octanol–water partition coefficient (Wildman–Crippen LogP) is 4.65. The summed E-state index contributed by atoms with van der Waals surface area (Å²) in [5, 5.41) is 2.58. The zero-order valence-electron chi connectivity index (χ0n) is 11.6. The third-order valence-corrected chi connectivity index (χ3v) is 5.82. The molecule has 0 atom stereocenters. The van der Waals surface area contributed by atoms with Gasteiger partial charge < -0.3 is 0 Å². The fourth-order valence-electron chi connectivity index (χ4n) is 2.26. The molecule has 1 nitrogen and oxygen atoms in total. The Hall–Kier alpha value is -1.50. The summed E-state index contributed by atoms with van der Waals surface area (Å²) in [6.45, 7) is 2.25. The van der Waals surface area contributed by atoms with Crippen LogP contribution in [0.3, 0.4) is 0 Å². The minimum absolute atomic E-state index is 0.480. The van der Waals surface area contributed by atoms with Gasteiger partial charge in [0.05, 0.1) is 0 Å². The van der Waals surface area contributed by atoms with Crippen LogP contribution in [0.2, 0.25) is 5.32 Å². The van der Waals surface area contributed by atoms with Crippen molar-refractivity contribution in [1.82, 2.24) is 0 Å². The average Bonchev–Trinajstić information content (AvgIpc) is 2.87. The Morgan fingerprint density at radius 1 is 0.950 bits per heavy atom. The average molecular weight is 329 g/mol. The van der Waals surface area contributed by atoms with Gasteiger partial charge in [-0.05, 0) is 0 Å². The molecule has 0 N–H and O–H groups in total. The number of benzene rings is 2. The summed E-state index contributed by atoms with van der Waals surface area (Å²) in [5.41, 5.74) is 2.21. The van der Waals surface area contributed by atoms with E-state index in [0.717, 1.165) is 11.3 Å². The van der Waals surface area contributed by atoms with Gasteiger partial charge in [-0.3, -0.25) is 0 Å². The first-order chi connectivity index (χ1) is 9.90. The van der Waals surface area contributed by atoms with Crippen LogP contribution in [0.4, 0.5) is 0 Å². The quantitative estimate of drug-likeness (QED) is 0.491. The van der Waals surface area contributed by atoms with E-state index in [1.54, 1.807) is 0 Å². The van der Waals surface area contributed by atoms with Crippen LogP contribution < -0.4 is 4.46 Å². The van der Waals surface area contributed by atoms with E-state index in [4.69, 9.17) is 4.42 Å². The third kappa shape index (κ3) is 2.67. The van der Waals surface area contributed by atoms with E-state index in [9.17, 15) is 0 Å². The fraction of sp³-hybridized carbons (Fsp3) is 0.222. The van der Waals surface area contributed by atoms with Crippen LogP contribution in [0.1, 0.15) is 19.8 Å². The molecule has 0 saturated carbocycles. The summed E-state index contributed by atoms with van der Waals surface area (Å²) < 4.78 is 7.56. The van der Waals surface area contributed by atoms with Crippen molar-refractivity contribution < 1.29 is 4.42 Å². The van der Waals surface area contributed by atoms with Gasteiger partial charge in [-0.15, -0.1) is 0 Å². The molecule has 0 bridgehead atoms. The van der Waals surface area contributed by atoms with Crippen LogP contribution >= 0.6 is 0 Å². The molecule has 2 aromatic carbocycles. The van der Waals surface area contributed by atoms with Gasteiger partial charge in [-0.1, -0.05) is 0 Å². The first-order valence-electron chi connectivity index (χ1n) is 7.10. The summed E-state index contributed by atoms with van der Waals surface area (Å²) in [7, 11) is 0. The summed E-state index contributed by atoms with van der Waals surface area (Å²) in [5.74, 6) is 1.07. The summed E-state index contributed by atoms with van der Waals surface area (Å²) >= 11 is 0.480. The molecule has 102 valence electrons. The summed E-state index contributed by atoms with van der Waals surface area (Å²) in [4.78, 5) is 0. The second-order valence-electron chi connectivity index (χ2n) is 4.82. The van der Waals surface area contributed by atoms with Crippen LogP contribution in [0.25, 0.3) is 22.3 Å². The van der Waals surface area contributed by atoms with Gasteiger partial charge in [0, 0.05) is 0 Å². The molecule has 0 radical (unpaired) electrons. The topological polar surface area (TPSA) is 13.1 Å². The van der Waals surface area contributed by atoms with Crippen LogP contribution in [0.5, 0.6) is 0 Å². The number of para-hydroxylation sites is 1. The fourth-order valence-corrected chi connectivity index (χ4v) is 4.89. The van der Waals surface area contributed by atoms with E-state index in [1.807, 2.05) is 12.1 Å². The van der Waals surface area contributed by atoms with Crippen molar-refractivity contribution in [2.45, 2.75) is 25.1 Å². The molecular formula is C18H18OSe. The number of hydrogen-bond acceptors (Lipinski definition) is 1. The van der Waals surface area contributed by atoms with E-state index in [2.05, 4.69) is 49.4 Å². The molecule has 1 aromatic heterocycles.